The zero-order valence-corrected chi connectivity index (χ0v) is 13.8. The third-order valence-corrected chi connectivity index (χ3v) is 4.38. The van der Waals surface area contributed by atoms with Gasteiger partial charge in [-0.1, -0.05) is 0 Å². The number of ether oxygens (including phenoxy) is 2. The van der Waals surface area contributed by atoms with E-state index in [2.05, 4.69) is 5.10 Å². The van der Waals surface area contributed by atoms with Crippen molar-refractivity contribution in [3.63, 3.8) is 0 Å². The Balaban J connectivity index is 2.75. The van der Waals surface area contributed by atoms with Gasteiger partial charge in [-0.15, -0.1) is 0 Å². The van der Waals surface area contributed by atoms with Crippen molar-refractivity contribution >= 4 is 15.8 Å². The number of methoxy groups -OCH3 is 2. The van der Waals surface area contributed by atoms with E-state index >= 15 is 0 Å². The number of aromatic carboxylic acids is 1. The summed E-state index contributed by atoms with van der Waals surface area (Å²) in [4.78, 5) is 11.0. The topological polar surface area (TPSA) is 108 Å². The molecule has 0 aliphatic rings. The second-order valence-electron chi connectivity index (χ2n) is 4.82. The minimum absolute atomic E-state index is 0.0128. The number of carboxylic acid groups (broad SMARTS) is 1. The molecule has 0 bridgehead atoms. The number of hydrogen-bond donors (Lipinski definition) is 1. The van der Waals surface area contributed by atoms with Crippen LogP contribution in [0.5, 0.6) is 11.5 Å². The summed E-state index contributed by atoms with van der Waals surface area (Å²) < 4.78 is 35.5. The quantitative estimate of drug-likeness (QED) is 0.871. The number of carbonyl (C=O) groups is 1. The van der Waals surface area contributed by atoms with Gasteiger partial charge in [-0.2, -0.15) is 5.10 Å². The maximum absolute atomic E-state index is 11.9. The molecule has 1 aromatic heterocycles. The Kier molecular flexibility index (Phi) is 4.33. The number of rotatable bonds is 5. The van der Waals surface area contributed by atoms with Gasteiger partial charge in [0.15, 0.2) is 15.5 Å². The molecule has 0 atom stereocenters. The fourth-order valence-electron chi connectivity index (χ4n) is 2.18. The smallest absolute Gasteiger partial charge is 0.356 e. The van der Waals surface area contributed by atoms with Crippen molar-refractivity contribution in [2.75, 3.05) is 20.5 Å². The van der Waals surface area contributed by atoms with Crippen LogP contribution in [0.15, 0.2) is 23.1 Å². The summed E-state index contributed by atoms with van der Waals surface area (Å²) in [5, 5.41) is 12.9. The van der Waals surface area contributed by atoms with Crippen LogP contribution in [-0.4, -0.2) is 49.7 Å². The highest BCUT2D eigenvalue weighted by Crippen LogP contribution is 2.38. The van der Waals surface area contributed by atoms with E-state index in [0.29, 0.717) is 11.3 Å². The normalized spacial score (nSPS) is 11.3. The van der Waals surface area contributed by atoms with E-state index in [1.165, 1.54) is 37.1 Å². The standard InChI is InChI=1S/C14H16N2O6S/c1-16-10(6-9(15-16)14(17)18)8-5-12(22-3)13(23(4,19)20)7-11(8)21-2/h5-7H,1-4H3,(H,17,18). The summed E-state index contributed by atoms with van der Waals surface area (Å²) in [6.07, 6.45) is 1.07. The summed E-state index contributed by atoms with van der Waals surface area (Å²) in [7, 11) is 0.813. The Morgan fingerprint density at radius 2 is 1.78 bits per heavy atom. The van der Waals surface area contributed by atoms with Crippen LogP contribution in [0.2, 0.25) is 0 Å². The number of aryl methyl sites for hydroxylation is 1. The van der Waals surface area contributed by atoms with Gasteiger partial charge in [0.1, 0.15) is 16.4 Å². The van der Waals surface area contributed by atoms with Crippen LogP contribution in [0.1, 0.15) is 10.5 Å². The summed E-state index contributed by atoms with van der Waals surface area (Å²) in [5.74, 6) is -0.752. The molecule has 2 rings (SSSR count). The molecular weight excluding hydrogens is 324 g/mol. The monoisotopic (exact) mass is 340 g/mol. The predicted octanol–water partition coefficient (Wildman–Crippen LogP) is 1.21. The Hall–Kier alpha value is -2.55. The molecule has 0 aliphatic carbocycles. The number of hydrogen-bond acceptors (Lipinski definition) is 6. The Morgan fingerprint density at radius 3 is 2.22 bits per heavy atom. The first-order valence-corrected chi connectivity index (χ1v) is 8.32. The summed E-state index contributed by atoms with van der Waals surface area (Å²) in [5.41, 5.74) is 0.799. The molecule has 0 saturated heterocycles. The zero-order chi connectivity index (χ0) is 17.4. The molecule has 124 valence electrons. The van der Waals surface area contributed by atoms with Crippen molar-refractivity contribution in [3.05, 3.63) is 23.9 Å². The lowest BCUT2D eigenvalue weighted by molar-refractivity contribution is 0.0689. The van der Waals surface area contributed by atoms with Crippen molar-refractivity contribution < 1.29 is 27.8 Å². The van der Waals surface area contributed by atoms with Gasteiger partial charge in [-0.3, -0.25) is 4.68 Å². The second-order valence-corrected chi connectivity index (χ2v) is 6.80. The average molecular weight is 340 g/mol. The third kappa shape index (κ3) is 3.14. The number of benzene rings is 1. The highest BCUT2D eigenvalue weighted by molar-refractivity contribution is 7.90. The van der Waals surface area contributed by atoms with E-state index in [9.17, 15) is 13.2 Å². The molecule has 8 nitrogen and oxygen atoms in total. The molecule has 23 heavy (non-hydrogen) atoms. The molecule has 1 N–H and O–H groups in total. The summed E-state index contributed by atoms with van der Waals surface area (Å²) >= 11 is 0. The van der Waals surface area contributed by atoms with Crippen molar-refractivity contribution in [1.29, 1.82) is 0 Å². The fraction of sp³-hybridized carbons (Fsp3) is 0.286. The molecule has 9 heteroatoms. The molecule has 1 heterocycles. The average Bonchev–Trinajstić information content (AvgIpc) is 2.87. The number of nitrogens with zero attached hydrogens (tertiary/aromatic N) is 2. The molecule has 0 saturated carbocycles. The van der Waals surface area contributed by atoms with Crippen LogP contribution in [0.4, 0.5) is 0 Å². The van der Waals surface area contributed by atoms with E-state index in [0.717, 1.165) is 6.26 Å². The van der Waals surface area contributed by atoms with Crippen molar-refractivity contribution in [1.82, 2.24) is 9.78 Å². The van der Waals surface area contributed by atoms with Gasteiger partial charge in [0.2, 0.25) is 0 Å². The summed E-state index contributed by atoms with van der Waals surface area (Å²) in [6, 6.07) is 4.20. The fourth-order valence-corrected chi connectivity index (χ4v) is 3.01. The van der Waals surface area contributed by atoms with Crippen LogP contribution < -0.4 is 9.47 Å². The van der Waals surface area contributed by atoms with Gasteiger partial charge in [0.05, 0.1) is 19.9 Å². The van der Waals surface area contributed by atoms with E-state index < -0.39 is 15.8 Å². The van der Waals surface area contributed by atoms with Crippen molar-refractivity contribution in [3.8, 4) is 22.8 Å². The molecule has 1 aromatic carbocycles. The Labute approximate surface area is 133 Å². The lowest BCUT2D eigenvalue weighted by Crippen LogP contribution is -2.04. The molecule has 0 spiro atoms. The van der Waals surface area contributed by atoms with Crippen LogP contribution >= 0.6 is 0 Å². The van der Waals surface area contributed by atoms with E-state index in [4.69, 9.17) is 14.6 Å². The maximum atomic E-state index is 11.9. The van der Waals surface area contributed by atoms with Crippen molar-refractivity contribution in [2.24, 2.45) is 7.05 Å². The first-order valence-electron chi connectivity index (χ1n) is 6.42. The molecule has 0 amide bonds. The van der Waals surface area contributed by atoms with Gasteiger partial charge in [-0.05, 0) is 12.1 Å². The molecule has 0 aliphatic heterocycles. The minimum Gasteiger partial charge on any atom is -0.496 e. The molecule has 0 fully saturated rings. The Morgan fingerprint density at radius 1 is 1.17 bits per heavy atom. The van der Waals surface area contributed by atoms with Gasteiger partial charge < -0.3 is 14.6 Å². The van der Waals surface area contributed by atoms with Crippen molar-refractivity contribution in [2.45, 2.75) is 4.90 Å². The lowest BCUT2D eigenvalue weighted by atomic mass is 10.1. The van der Waals surface area contributed by atoms with E-state index in [1.54, 1.807) is 7.05 Å². The molecule has 2 aromatic rings. The summed E-state index contributed by atoms with van der Waals surface area (Å²) in [6.45, 7) is 0. The zero-order valence-electron chi connectivity index (χ0n) is 13.0. The highest BCUT2D eigenvalue weighted by Gasteiger charge is 2.22. The van der Waals surface area contributed by atoms with Crippen LogP contribution in [0.3, 0.4) is 0 Å². The number of carboxylic acids is 1. The van der Waals surface area contributed by atoms with Gasteiger partial charge in [0.25, 0.3) is 0 Å². The minimum atomic E-state index is -3.52. The van der Waals surface area contributed by atoms with Crippen LogP contribution in [0, 0.1) is 0 Å². The van der Waals surface area contributed by atoms with Crippen LogP contribution in [-0.2, 0) is 16.9 Å². The van der Waals surface area contributed by atoms with Gasteiger partial charge >= 0.3 is 5.97 Å². The number of aromatic nitrogens is 2. The van der Waals surface area contributed by atoms with Gasteiger partial charge in [-0.25, -0.2) is 13.2 Å². The predicted molar refractivity (Wildman–Crippen MR) is 81.8 cm³/mol. The van der Waals surface area contributed by atoms with Gasteiger partial charge in [0, 0.05) is 24.9 Å². The highest BCUT2D eigenvalue weighted by atomic mass is 32.2. The molecular formula is C14H16N2O6S. The first-order chi connectivity index (χ1) is 10.7. The van der Waals surface area contributed by atoms with E-state index in [1.807, 2.05) is 0 Å². The molecule has 0 unspecified atom stereocenters. The van der Waals surface area contributed by atoms with E-state index in [-0.39, 0.29) is 22.1 Å². The van der Waals surface area contributed by atoms with Crippen LogP contribution in [0.25, 0.3) is 11.3 Å². The Bertz CT molecular complexity index is 870. The largest absolute Gasteiger partial charge is 0.496 e. The molecule has 0 radical (unpaired) electrons. The SMILES string of the molecule is COc1cc(S(C)(=O)=O)c(OC)cc1-c1cc(C(=O)O)nn1C. The second kappa shape index (κ2) is 5.92. The number of sulfone groups is 1. The maximum Gasteiger partial charge on any atom is 0.356 e. The lowest BCUT2D eigenvalue weighted by Gasteiger charge is -2.14. The third-order valence-electron chi connectivity index (χ3n) is 3.26. The first kappa shape index (κ1) is 16.8.